The number of phenolic OH excluding ortho intramolecular Hbond substituents is 1. The highest BCUT2D eigenvalue weighted by Crippen LogP contribution is 2.24. The van der Waals surface area contributed by atoms with Crippen molar-refractivity contribution in [3.05, 3.63) is 58.8 Å². The number of halogens is 1. The molecular weight excluding hydrogens is 372 g/mol. The molecule has 0 bridgehead atoms. The van der Waals surface area contributed by atoms with E-state index in [0.717, 1.165) is 15.2 Å². The Morgan fingerprint density at radius 3 is 2.88 bits per heavy atom. The lowest BCUT2D eigenvalue weighted by Gasteiger charge is -2.06. The topological polar surface area (TPSA) is 87.7 Å². The number of hydrazone groups is 1. The third-order valence-electron chi connectivity index (χ3n) is 3.52. The van der Waals surface area contributed by atoms with Crippen LogP contribution in [0.25, 0.3) is 16.4 Å². The van der Waals surface area contributed by atoms with Crippen LogP contribution in [0.3, 0.4) is 0 Å². The predicted molar refractivity (Wildman–Crippen MR) is 95.3 cm³/mol. The second kappa shape index (κ2) is 5.89. The predicted octanol–water partition coefficient (Wildman–Crippen LogP) is 3.19. The average Bonchev–Trinajstić information content (AvgIpc) is 3.06. The molecule has 2 N–H and O–H groups in total. The summed E-state index contributed by atoms with van der Waals surface area (Å²) in [6, 6.07) is 12.9. The van der Waals surface area contributed by atoms with Crippen LogP contribution in [0.4, 0.5) is 5.82 Å². The number of anilines is 1. The van der Waals surface area contributed by atoms with Crippen LogP contribution in [0, 0.1) is 0 Å². The molecule has 0 unspecified atom stereocenters. The molecule has 0 aliphatic carbocycles. The summed E-state index contributed by atoms with van der Waals surface area (Å²) in [5.74, 6) is 0.722. The van der Waals surface area contributed by atoms with Crippen LogP contribution in [0.5, 0.6) is 5.75 Å². The quantitative estimate of drug-likeness (QED) is 0.419. The fourth-order valence-electron chi connectivity index (χ4n) is 2.40. The van der Waals surface area contributed by atoms with E-state index in [1.54, 1.807) is 22.7 Å². The summed E-state index contributed by atoms with van der Waals surface area (Å²) >= 11 is 3.37. The molecule has 8 heteroatoms. The molecule has 7 nitrogen and oxygen atoms in total. The molecule has 4 rings (SSSR count). The standard InChI is InChI=1S/C16H11BrN6O/c17-11-5-6-14(24)10(7-11)8-18-20-15-12-3-1-2-4-13(12)16-21-19-9-23(16)22-15/h1-9,24H,(H,20,22)/b18-8+. The Balaban J connectivity index is 1.73. The number of fused-ring (bicyclic) bond motifs is 3. The Morgan fingerprint density at radius 1 is 1.17 bits per heavy atom. The van der Waals surface area contributed by atoms with Crippen molar-refractivity contribution >= 4 is 44.4 Å². The molecular formula is C16H11BrN6O. The summed E-state index contributed by atoms with van der Waals surface area (Å²) in [4.78, 5) is 0. The number of rotatable bonds is 3. The lowest BCUT2D eigenvalue weighted by Crippen LogP contribution is -2.00. The van der Waals surface area contributed by atoms with E-state index in [1.807, 2.05) is 24.3 Å². The molecule has 2 aromatic carbocycles. The summed E-state index contributed by atoms with van der Waals surface area (Å²) in [5, 5.41) is 28.2. The summed E-state index contributed by atoms with van der Waals surface area (Å²) in [6.07, 6.45) is 3.07. The minimum atomic E-state index is 0.149. The van der Waals surface area contributed by atoms with Gasteiger partial charge in [0, 0.05) is 20.8 Å². The number of hydrogen-bond acceptors (Lipinski definition) is 6. The summed E-state index contributed by atoms with van der Waals surface area (Å²) in [7, 11) is 0. The zero-order valence-corrected chi connectivity index (χ0v) is 13.8. The van der Waals surface area contributed by atoms with Crippen molar-refractivity contribution in [1.29, 1.82) is 0 Å². The van der Waals surface area contributed by atoms with Gasteiger partial charge in [0.2, 0.25) is 0 Å². The van der Waals surface area contributed by atoms with Crippen LogP contribution in [-0.2, 0) is 0 Å². The van der Waals surface area contributed by atoms with Crippen LogP contribution in [-0.4, -0.2) is 31.1 Å². The lowest BCUT2D eigenvalue weighted by molar-refractivity contribution is 0.474. The van der Waals surface area contributed by atoms with Crippen LogP contribution < -0.4 is 5.43 Å². The van der Waals surface area contributed by atoms with Crippen LogP contribution in [0.1, 0.15) is 5.56 Å². The van der Waals surface area contributed by atoms with Gasteiger partial charge in [-0.25, -0.2) is 0 Å². The highest BCUT2D eigenvalue weighted by atomic mass is 79.9. The second-order valence-corrected chi connectivity index (χ2v) is 5.98. The largest absolute Gasteiger partial charge is 0.507 e. The van der Waals surface area contributed by atoms with Crippen molar-refractivity contribution in [2.75, 3.05) is 5.43 Å². The van der Waals surface area contributed by atoms with Gasteiger partial charge in [0.15, 0.2) is 11.5 Å². The molecule has 4 aromatic rings. The number of nitrogens with zero attached hydrogens (tertiary/aromatic N) is 5. The highest BCUT2D eigenvalue weighted by Gasteiger charge is 2.09. The van der Waals surface area contributed by atoms with E-state index in [-0.39, 0.29) is 5.75 Å². The van der Waals surface area contributed by atoms with Gasteiger partial charge in [0.05, 0.1) is 6.21 Å². The van der Waals surface area contributed by atoms with Gasteiger partial charge in [-0.2, -0.15) is 9.62 Å². The van der Waals surface area contributed by atoms with Crippen molar-refractivity contribution < 1.29 is 5.11 Å². The zero-order chi connectivity index (χ0) is 16.5. The van der Waals surface area contributed by atoms with Crippen LogP contribution >= 0.6 is 15.9 Å². The van der Waals surface area contributed by atoms with E-state index in [4.69, 9.17) is 0 Å². The maximum absolute atomic E-state index is 9.84. The maximum Gasteiger partial charge on any atom is 0.185 e. The minimum Gasteiger partial charge on any atom is -0.507 e. The van der Waals surface area contributed by atoms with Crippen molar-refractivity contribution in [1.82, 2.24) is 19.8 Å². The molecule has 0 aliphatic rings. The first-order valence-electron chi connectivity index (χ1n) is 7.09. The SMILES string of the molecule is Oc1ccc(Br)cc1/C=N/Nc1nn2cnnc2c2ccccc12. The van der Waals surface area contributed by atoms with Gasteiger partial charge >= 0.3 is 0 Å². The van der Waals surface area contributed by atoms with E-state index in [2.05, 4.69) is 41.8 Å². The van der Waals surface area contributed by atoms with Gasteiger partial charge in [-0.05, 0) is 18.2 Å². The van der Waals surface area contributed by atoms with Gasteiger partial charge in [-0.15, -0.1) is 15.3 Å². The minimum absolute atomic E-state index is 0.149. The van der Waals surface area contributed by atoms with Crippen molar-refractivity contribution in [3.8, 4) is 5.75 Å². The van der Waals surface area contributed by atoms with E-state index >= 15 is 0 Å². The number of nitrogens with one attached hydrogen (secondary N) is 1. The first-order chi connectivity index (χ1) is 11.7. The molecule has 2 aromatic heterocycles. The maximum atomic E-state index is 9.84. The highest BCUT2D eigenvalue weighted by molar-refractivity contribution is 9.10. The average molecular weight is 383 g/mol. The third-order valence-corrected chi connectivity index (χ3v) is 4.02. The first kappa shape index (κ1) is 14.6. The van der Waals surface area contributed by atoms with Gasteiger partial charge in [0.25, 0.3) is 0 Å². The van der Waals surface area contributed by atoms with Crippen molar-refractivity contribution in [2.24, 2.45) is 5.10 Å². The Morgan fingerprint density at radius 2 is 2.00 bits per heavy atom. The molecule has 0 saturated heterocycles. The molecule has 2 heterocycles. The number of benzene rings is 2. The van der Waals surface area contributed by atoms with Gasteiger partial charge < -0.3 is 5.11 Å². The van der Waals surface area contributed by atoms with E-state index in [9.17, 15) is 5.11 Å². The molecule has 0 atom stereocenters. The molecule has 0 radical (unpaired) electrons. The summed E-state index contributed by atoms with van der Waals surface area (Å²) < 4.78 is 2.45. The third kappa shape index (κ3) is 2.56. The fraction of sp³-hybridized carbons (Fsp3) is 0. The summed E-state index contributed by atoms with van der Waals surface area (Å²) in [6.45, 7) is 0. The first-order valence-corrected chi connectivity index (χ1v) is 7.88. The Labute approximate surface area is 144 Å². The Bertz CT molecular complexity index is 1070. The molecule has 0 aliphatic heterocycles. The molecule has 24 heavy (non-hydrogen) atoms. The number of aromatic nitrogens is 4. The number of aromatic hydroxyl groups is 1. The van der Waals surface area contributed by atoms with Gasteiger partial charge in [-0.1, -0.05) is 40.2 Å². The second-order valence-electron chi connectivity index (χ2n) is 5.07. The normalized spacial score (nSPS) is 11.5. The smallest absolute Gasteiger partial charge is 0.185 e. The van der Waals surface area contributed by atoms with Gasteiger partial charge in [-0.3, -0.25) is 5.43 Å². The monoisotopic (exact) mass is 382 g/mol. The van der Waals surface area contributed by atoms with Crippen LogP contribution in [0.2, 0.25) is 0 Å². The Hall–Kier alpha value is -3.00. The fourth-order valence-corrected chi connectivity index (χ4v) is 2.78. The van der Waals surface area contributed by atoms with E-state index in [1.165, 1.54) is 12.5 Å². The van der Waals surface area contributed by atoms with Crippen LogP contribution in [0.15, 0.2) is 58.4 Å². The molecule has 0 saturated carbocycles. The Kier molecular flexibility index (Phi) is 3.58. The number of phenols is 1. The molecule has 0 spiro atoms. The van der Waals surface area contributed by atoms with Gasteiger partial charge in [0.1, 0.15) is 12.1 Å². The molecule has 118 valence electrons. The zero-order valence-electron chi connectivity index (χ0n) is 12.3. The lowest BCUT2D eigenvalue weighted by atomic mass is 10.2. The van der Waals surface area contributed by atoms with E-state index in [0.29, 0.717) is 17.0 Å². The molecule has 0 amide bonds. The van der Waals surface area contributed by atoms with Crippen molar-refractivity contribution in [2.45, 2.75) is 0 Å². The molecule has 0 fully saturated rings. The van der Waals surface area contributed by atoms with Crippen molar-refractivity contribution in [3.63, 3.8) is 0 Å². The van der Waals surface area contributed by atoms with E-state index < -0.39 is 0 Å². The number of hydrogen-bond donors (Lipinski definition) is 2. The summed E-state index contributed by atoms with van der Waals surface area (Å²) in [5.41, 5.74) is 4.19.